The van der Waals surface area contributed by atoms with Gasteiger partial charge in [-0.15, -0.1) is 0 Å². The molecule has 0 spiro atoms. The molecule has 0 aliphatic carbocycles. The van der Waals surface area contributed by atoms with E-state index >= 15 is 0 Å². The molecule has 2 N–H and O–H groups in total. The van der Waals surface area contributed by atoms with Gasteiger partial charge in [0, 0.05) is 17.7 Å². The van der Waals surface area contributed by atoms with Gasteiger partial charge in [0.05, 0.1) is 13.2 Å². The van der Waals surface area contributed by atoms with Crippen molar-refractivity contribution < 1.29 is 14.3 Å². The molecule has 1 amide bonds. The van der Waals surface area contributed by atoms with Crippen LogP contribution in [0.1, 0.15) is 29.3 Å². The summed E-state index contributed by atoms with van der Waals surface area (Å²) >= 11 is 5.25. The van der Waals surface area contributed by atoms with Crippen LogP contribution < -0.4 is 20.1 Å². The van der Waals surface area contributed by atoms with Gasteiger partial charge in [-0.2, -0.15) is 0 Å². The van der Waals surface area contributed by atoms with E-state index in [-0.39, 0.29) is 11.0 Å². The summed E-state index contributed by atoms with van der Waals surface area (Å²) in [4.78, 5) is 12.4. The number of thiocarbonyl (C=S) groups is 1. The zero-order chi connectivity index (χ0) is 21.9. The van der Waals surface area contributed by atoms with Gasteiger partial charge >= 0.3 is 0 Å². The monoisotopic (exact) mass is 434 g/mol. The van der Waals surface area contributed by atoms with Crippen LogP contribution in [0.5, 0.6) is 11.5 Å². The van der Waals surface area contributed by atoms with E-state index in [1.807, 2.05) is 42.5 Å². The Morgan fingerprint density at radius 2 is 1.45 bits per heavy atom. The first-order chi connectivity index (χ1) is 15.1. The van der Waals surface area contributed by atoms with Crippen molar-refractivity contribution in [1.29, 1.82) is 0 Å². The third kappa shape index (κ3) is 7.42. The van der Waals surface area contributed by atoms with Crippen LogP contribution in [0.2, 0.25) is 0 Å². The summed E-state index contributed by atoms with van der Waals surface area (Å²) in [6.45, 7) is 3.31. The van der Waals surface area contributed by atoms with Crippen LogP contribution in [0.25, 0.3) is 0 Å². The van der Waals surface area contributed by atoms with Crippen molar-refractivity contribution >= 4 is 28.9 Å². The summed E-state index contributed by atoms with van der Waals surface area (Å²) < 4.78 is 11.3. The lowest BCUT2D eigenvalue weighted by Gasteiger charge is -2.11. The van der Waals surface area contributed by atoms with E-state index in [9.17, 15) is 4.79 Å². The fourth-order valence-corrected chi connectivity index (χ4v) is 3.04. The highest BCUT2D eigenvalue weighted by atomic mass is 32.1. The van der Waals surface area contributed by atoms with E-state index in [0.717, 1.165) is 30.0 Å². The summed E-state index contributed by atoms with van der Waals surface area (Å²) in [6, 6.07) is 24.6. The molecule has 160 valence electrons. The van der Waals surface area contributed by atoms with Crippen LogP contribution in [-0.2, 0) is 6.42 Å². The Morgan fingerprint density at radius 3 is 2.10 bits per heavy atom. The van der Waals surface area contributed by atoms with Gasteiger partial charge < -0.3 is 14.8 Å². The summed E-state index contributed by atoms with van der Waals surface area (Å²) in [7, 11) is 0. The third-order valence-electron chi connectivity index (χ3n) is 4.43. The second-order valence-electron chi connectivity index (χ2n) is 6.89. The maximum absolute atomic E-state index is 12.4. The first-order valence-corrected chi connectivity index (χ1v) is 10.7. The van der Waals surface area contributed by atoms with Crippen molar-refractivity contribution in [3.05, 3.63) is 90.0 Å². The van der Waals surface area contributed by atoms with Crippen LogP contribution in [0.15, 0.2) is 78.9 Å². The topological polar surface area (TPSA) is 59.6 Å². The minimum Gasteiger partial charge on any atom is -0.494 e. The highest BCUT2D eigenvalue weighted by Crippen LogP contribution is 2.16. The van der Waals surface area contributed by atoms with Gasteiger partial charge in [-0.05, 0) is 72.7 Å². The van der Waals surface area contributed by atoms with Crippen LogP contribution in [-0.4, -0.2) is 24.2 Å². The van der Waals surface area contributed by atoms with E-state index < -0.39 is 0 Å². The predicted molar refractivity (Wildman–Crippen MR) is 128 cm³/mol. The Labute approximate surface area is 188 Å². The van der Waals surface area contributed by atoms with Crippen molar-refractivity contribution in [3.8, 4) is 11.5 Å². The fraction of sp³-hybridized carbons (Fsp3) is 0.200. The molecule has 5 nitrogen and oxygen atoms in total. The lowest BCUT2D eigenvalue weighted by atomic mass is 10.2. The third-order valence-corrected chi connectivity index (χ3v) is 4.64. The highest BCUT2D eigenvalue weighted by molar-refractivity contribution is 7.80. The summed E-state index contributed by atoms with van der Waals surface area (Å²) in [5.74, 6) is 1.24. The largest absolute Gasteiger partial charge is 0.494 e. The van der Waals surface area contributed by atoms with Crippen LogP contribution >= 0.6 is 12.2 Å². The number of hydrogen-bond donors (Lipinski definition) is 2. The van der Waals surface area contributed by atoms with E-state index in [0.29, 0.717) is 18.8 Å². The fourth-order valence-electron chi connectivity index (χ4n) is 2.83. The standard InChI is InChI=1S/C25H26N2O3S/c1-2-17-29-23-14-10-21(11-15-23)26-25(31)27-24(28)20-8-12-22(13-9-20)30-18-16-19-6-4-3-5-7-19/h3-15H,2,16-18H2,1H3,(H2,26,27,28,31). The Morgan fingerprint density at radius 1 is 0.839 bits per heavy atom. The molecule has 3 rings (SSSR count). The smallest absolute Gasteiger partial charge is 0.257 e. The predicted octanol–water partition coefficient (Wildman–Crippen LogP) is 5.22. The lowest BCUT2D eigenvalue weighted by Crippen LogP contribution is -2.34. The lowest BCUT2D eigenvalue weighted by molar-refractivity contribution is 0.0977. The molecule has 0 saturated carbocycles. The number of hydrogen-bond acceptors (Lipinski definition) is 4. The van der Waals surface area contributed by atoms with Gasteiger partial charge in [0.2, 0.25) is 0 Å². The second kappa shape index (κ2) is 11.7. The molecule has 0 unspecified atom stereocenters. The molecule has 0 bridgehead atoms. The first kappa shape index (κ1) is 22.3. The number of carbonyl (C=O) groups is 1. The maximum atomic E-state index is 12.4. The Bertz CT molecular complexity index is 974. The number of carbonyl (C=O) groups excluding carboxylic acids is 1. The van der Waals surface area contributed by atoms with Crippen LogP contribution in [0, 0.1) is 0 Å². The van der Waals surface area contributed by atoms with E-state index in [1.54, 1.807) is 24.3 Å². The number of benzene rings is 3. The summed E-state index contributed by atoms with van der Waals surface area (Å²) in [5, 5.41) is 5.92. The summed E-state index contributed by atoms with van der Waals surface area (Å²) in [6.07, 6.45) is 1.78. The SMILES string of the molecule is CCCOc1ccc(NC(=S)NC(=O)c2ccc(OCCc3ccccc3)cc2)cc1. The van der Waals surface area contributed by atoms with E-state index in [2.05, 4.69) is 29.7 Å². The van der Waals surface area contributed by atoms with Crippen molar-refractivity contribution in [1.82, 2.24) is 5.32 Å². The molecule has 3 aromatic rings. The van der Waals surface area contributed by atoms with Crippen molar-refractivity contribution in [2.24, 2.45) is 0 Å². The van der Waals surface area contributed by atoms with E-state index in [1.165, 1.54) is 5.56 Å². The molecule has 0 radical (unpaired) electrons. The quantitative estimate of drug-likeness (QED) is 0.452. The number of rotatable bonds is 9. The molecule has 31 heavy (non-hydrogen) atoms. The number of amides is 1. The van der Waals surface area contributed by atoms with Gasteiger partial charge in [-0.3, -0.25) is 10.1 Å². The minimum absolute atomic E-state index is 0.232. The first-order valence-electron chi connectivity index (χ1n) is 10.3. The number of nitrogens with one attached hydrogen (secondary N) is 2. The molecule has 3 aromatic carbocycles. The molecule has 0 aliphatic rings. The van der Waals surface area contributed by atoms with Gasteiger partial charge in [0.15, 0.2) is 5.11 Å². The van der Waals surface area contributed by atoms with Crippen LogP contribution in [0.4, 0.5) is 5.69 Å². The molecule has 0 heterocycles. The Balaban J connectivity index is 1.44. The highest BCUT2D eigenvalue weighted by Gasteiger charge is 2.08. The van der Waals surface area contributed by atoms with Crippen LogP contribution in [0.3, 0.4) is 0 Å². The summed E-state index contributed by atoms with van der Waals surface area (Å²) in [5.41, 5.74) is 2.50. The average Bonchev–Trinajstić information content (AvgIpc) is 2.79. The normalized spacial score (nSPS) is 10.2. The zero-order valence-corrected chi connectivity index (χ0v) is 18.3. The van der Waals surface area contributed by atoms with E-state index in [4.69, 9.17) is 21.7 Å². The minimum atomic E-state index is -0.281. The molecule has 6 heteroatoms. The Kier molecular flexibility index (Phi) is 8.43. The maximum Gasteiger partial charge on any atom is 0.257 e. The zero-order valence-electron chi connectivity index (χ0n) is 17.5. The van der Waals surface area contributed by atoms with Gasteiger partial charge in [0.1, 0.15) is 11.5 Å². The Hall–Kier alpha value is -3.38. The van der Waals surface area contributed by atoms with Gasteiger partial charge in [-0.25, -0.2) is 0 Å². The molecular formula is C25H26N2O3S. The van der Waals surface area contributed by atoms with Gasteiger partial charge in [0.25, 0.3) is 5.91 Å². The average molecular weight is 435 g/mol. The van der Waals surface area contributed by atoms with Crippen molar-refractivity contribution in [2.75, 3.05) is 18.5 Å². The molecule has 0 saturated heterocycles. The van der Waals surface area contributed by atoms with Gasteiger partial charge in [-0.1, -0.05) is 37.3 Å². The molecule has 0 aromatic heterocycles. The van der Waals surface area contributed by atoms with Crippen molar-refractivity contribution in [2.45, 2.75) is 19.8 Å². The second-order valence-corrected chi connectivity index (χ2v) is 7.30. The molecular weight excluding hydrogens is 408 g/mol. The number of anilines is 1. The van der Waals surface area contributed by atoms with Crippen molar-refractivity contribution in [3.63, 3.8) is 0 Å². The molecule has 0 atom stereocenters. The molecule has 0 fully saturated rings. The number of ether oxygens (including phenoxy) is 2. The molecule has 0 aliphatic heterocycles.